The number of aliphatic hydroxyl groups is 1. The molecule has 1 amide bonds. The topological polar surface area (TPSA) is 77.8 Å². The summed E-state index contributed by atoms with van der Waals surface area (Å²) in [5.74, 6) is -1.05. The average molecular weight is 257 g/mol. The Hall–Kier alpha value is -1.10. The van der Waals surface area contributed by atoms with Crippen molar-refractivity contribution in [3.63, 3.8) is 0 Å². The highest BCUT2D eigenvalue weighted by Gasteiger charge is 2.42. The Balaban J connectivity index is 2.72. The molecular formula is C13H23NO4. The molecule has 0 saturated heterocycles. The Kier molecular flexibility index (Phi) is 5.14. The van der Waals surface area contributed by atoms with Gasteiger partial charge in [-0.25, -0.2) is 0 Å². The van der Waals surface area contributed by atoms with E-state index >= 15 is 0 Å². The smallest absolute Gasteiger partial charge is 0.310 e. The zero-order valence-electron chi connectivity index (χ0n) is 11.2. The Morgan fingerprint density at radius 3 is 2.28 bits per heavy atom. The van der Waals surface area contributed by atoms with Gasteiger partial charge in [0.05, 0.1) is 18.1 Å². The molecule has 104 valence electrons. The maximum atomic E-state index is 12.1. The minimum Gasteiger partial charge on any atom is -0.481 e. The van der Waals surface area contributed by atoms with Crippen LogP contribution in [0, 0.1) is 5.41 Å². The number of hydrogen-bond acceptors (Lipinski definition) is 3. The van der Waals surface area contributed by atoms with Gasteiger partial charge in [-0.05, 0) is 19.8 Å². The van der Waals surface area contributed by atoms with Crippen molar-refractivity contribution in [2.45, 2.75) is 51.5 Å². The van der Waals surface area contributed by atoms with Crippen molar-refractivity contribution < 1.29 is 19.8 Å². The van der Waals surface area contributed by atoms with Crippen LogP contribution in [-0.4, -0.2) is 46.7 Å². The van der Waals surface area contributed by atoms with E-state index in [1.54, 1.807) is 14.0 Å². The molecule has 1 rings (SSSR count). The van der Waals surface area contributed by atoms with E-state index in [0.717, 1.165) is 19.3 Å². The number of likely N-dealkylation sites (N-methyl/N-ethyl adjacent to an activating group) is 1. The first-order chi connectivity index (χ1) is 8.43. The summed E-state index contributed by atoms with van der Waals surface area (Å²) in [6.07, 6.45) is 4.00. The molecule has 1 aliphatic rings. The lowest BCUT2D eigenvalue weighted by atomic mass is 9.71. The van der Waals surface area contributed by atoms with E-state index in [2.05, 4.69) is 0 Å². The van der Waals surface area contributed by atoms with Gasteiger partial charge in [0.15, 0.2) is 0 Å². The van der Waals surface area contributed by atoms with Crippen molar-refractivity contribution in [1.29, 1.82) is 0 Å². The summed E-state index contributed by atoms with van der Waals surface area (Å²) in [5.41, 5.74) is -0.890. The van der Waals surface area contributed by atoms with Crippen LogP contribution in [0.4, 0.5) is 0 Å². The number of carbonyl (C=O) groups is 2. The van der Waals surface area contributed by atoms with Crippen LogP contribution in [0.15, 0.2) is 0 Å². The predicted octanol–water partition coefficient (Wildman–Crippen LogP) is 1.25. The number of aliphatic hydroxyl groups excluding tert-OH is 1. The minimum absolute atomic E-state index is 0.0448. The molecule has 0 aromatic heterocycles. The monoisotopic (exact) mass is 257 g/mol. The third kappa shape index (κ3) is 3.22. The van der Waals surface area contributed by atoms with Crippen LogP contribution in [0.3, 0.4) is 0 Å². The van der Waals surface area contributed by atoms with E-state index in [1.165, 1.54) is 4.90 Å². The van der Waals surface area contributed by atoms with E-state index in [-0.39, 0.29) is 25.0 Å². The highest BCUT2D eigenvalue weighted by atomic mass is 16.4. The maximum absolute atomic E-state index is 12.1. The fourth-order valence-electron chi connectivity index (χ4n) is 2.48. The number of carboxylic acids is 1. The second-order valence-corrected chi connectivity index (χ2v) is 5.36. The average Bonchev–Trinajstić information content (AvgIpc) is 2.37. The van der Waals surface area contributed by atoms with Gasteiger partial charge in [0.1, 0.15) is 0 Å². The molecule has 0 bridgehead atoms. The molecule has 0 heterocycles. The van der Waals surface area contributed by atoms with Gasteiger partial charge in [-0.3, -0.25) is 9.59 Å². The molecule has 18 heavy (non-hydrogen) atoms. The lowest BCUT2D eigenvalue weighted by Crippen LogP contribution is -2.43. The van der Waals surface area contributed by atoms with Crippen LogP contribution >= 0.6 is 0 Å². The molecule has 0 aromatic rings. The molecule has 1 fully saturated rings. The molecule has 1 aliphatic carbocycles. The molecule has 1 saturated carbocycles. The predicted molar refractivity (Wildman–Crippen MR) is 67.1 cm³/mol. The highest BCUT2D eigenvalue weighted by Crippen LogP contribution is 2.40. The number of aliphatic carboxylic acids is 1. The molecule has 0 aromatic carbocycles. The highest BCUT2D eigenvalue weighted by molar-refractivity contribution is 5.85. The molecule has 0 spiro atoms. The van der Waals surface area contributed by atoms with Crippen molar-refractivity contribution in [3.8, 4) is 0 Å². The summed E-state index contributed by atoms with van der Waals surface area (Å²) in [5, 5.41) is 18.4. The fourth-order valence-corrected chi connectivity index (χ4v) is 2.48. The molecule has 0 aliphatic heterocycles. The first-order valence-electron chi connectivity index (χ1n) is 6.53. The first-order valence-corrected chi connectivity index (χ1v) is 6.53. The number of rotatable bonds is 5. The fraction of sp³-hybridized carbons (Fsp3) is 0.846. The molecule has 1 atom stereocenters. The van der Waals surface area contributed by atoms with E-state index < -0.39 is 11.4 Å². The van der Waals surface area contributed by atoms with Gasteiger partial charge in [-0.2, -0.15) is 0 Å². The third-order valence-electron chi connectivity index (χ3n) is 4.07. The number of amides is 1. The van der Waals surface area contributed by atoms with Gasteiger partial charge >= 0.3 is 5.97 Å². The van der Waals surface area contributed by atoms with Gasteiger partial charge in [-0.15, -0.1) is 0 Å². The van der Waals surface area contributed by atoms with Gasteiger partial charge < -0.3 is 15.1 Å². The molecule has 5 nitrogen and oxygen atoms in total. The van der Waals surface area contributed by atoms with Crippen LogP contribution in [0.25, 0.3) is 0 Å². The number of carbonyl (C=O) groups excluding carboxylic acids is 1. The van der Waals surface area contributed by atoms with Crippen LogP contribution in [-0.2, 0) is 9.59 Å². The van der Waals surface area contributed by atoms with Gasteiger partial charge in [0.2, 0.25) is 5.91 Å². The van der Waals surface area contributed by atoms with E-state index in [4.69, 9.17) is 5.11 Å². The summed E-state index contributed by atoms with van der Waals surface area (Å²) >= 11 is 0. The van der Waals surface area contributed by atoms with Crippen molar-refractivity contribution >= 4 is 11.9 Å². The molecule has 1 unspecified atom stereocenters. The maximum Gasteiger partial charge on any atom is 0.310 e. The Morgan fingerprint density at radius 2 is 1.83 bits per heavy atom. The molecule has 5 heteroatoms. The minimum atomic E-state index is -0.890. The largest absolute Gasteiger partial charge is 0.481 e. The second-order valence-electron chi connectivity index (χ2n) is 5.36. The molecule has 2 N–H and O–H groups in total. The Labute approximate surface area is 108 Å². The van der Waals surface area contributed by atoms with Crippen molar-refractivity contribution in [3.05, 3.63) is 0 Å². The van der Waals surface area contributed by atoms with Gasteiger partial charge in [-0.1, -0.05) is 19.3 Å². The quantitative estimate of drug-likeness (QED) is 0.777. The lowest BCUT2D eigenvalue weighted by Gasteiger charge is -2.34. The van der Waals surface area contributed by atoms with Crippen LogP contribution < -0.4 is 0 Å². The van der Waals surface area contributed by atoms with Crippen LogP contribution in [0.1, 0.15) is 45.4 Å². The van der Waals surface area contributed by atoms with Crippen molar-refractivity contribution in [2.75, 3.05) is 13.7 Å². The van der Waals surface area contributed by atoms with E-state index in [1.807, 2.05) is 0 Å². The summed E-state index contributed by atoms with van der Waals surface area (Å²) in [6, 6.07) is -0.271. The number of carboxylic acid groups (broad SMARTS) is 1. The summed E-state index contributed by atoms with van der Waals surface area (Å²) in [7, 11) is 1.61. The molecular weight excluding hydrogens is 234 g/mol. The lowest BCUT2D eigenvalue weighted by molar-refractivity contribution is -0.156. The number of hydrogen-bond donors (Lipinski definition) is 2. The van der Waals surface area contributed by atoms with E-state index in [9.17, 15) is 14.7 Å². The van der Waals surface area contributed by atoms with Crippen molar-refractivity contribution in [2.24, 2.45) is 5.41 Å². The Morgan fingerprint density at radius 1 is 1.28 bits per heavy atom. The summed E-state index contributed by atoms with van der Waals surface area (Å²) in [4.78, 5) is 25.0. The SMILES string of the molecule is CC(CO)N(C)C(=O)CC1(C(=O)O)CCCCC1. The Bertz CT molecular complexity index is 310. The van der Waals surface area contributed by atoms with E-state index in [0.29, 0.717) is 12.8 Å². The van der Waals surface area contributed by atoms with Crippen LogP contribution in [0.5, 0.6) is 0 Å². The molecule has 0 radical (unpaired) electrons. The standard InChI is InChI=1S/C13H23NO4/c1-10(9-15)14(2)11(16)8-13(12(17)18)6-4-3-5-7-13/h10,15H,3-9H2,1-2H3,(H,17,18). The van der Waals surface area contributed by atoms with Gasteiger partial charge in [0, 0.05) is 13.5 Å². The summed E-state index contributed by atoms with van der Waals surface area (Å²) < 4.78 is 0. The van der Waals surface area contributed by atoms with Gasteiger partial charge in [0.25, 0.3) is 0 Å². The van der Waals surface area contributed by atoms with Crippen molar-refractivity contribution in [1.82, 2.24) is 4.90 Å². The summed E-state index contributed by atoms with van der Waals surface area (Å²) in [6.45, 7) is 1.63. The number of nitrogens with zero attached hydrogens (tertiary/aromatic N) is 1. The second kappa shape index (κ2) is 6.18. The zero-order valence-corrected chi connectivity index (χ0v) is 11.2. The first kappa shape index (κ1) is 15.0. The van der Waals surface area contributed by atoms with Crippen LogP contribution in [0.2, 0.25) is 0 Å². The normalized spacial score (nSPS) is 20.2. The third-order valence-corrected chi connectivity index (χ3v) is 4.07. The zero-order chi connectivity index (χ0) is 13.8.